The van der Waals surface area contributed by atoms with Crippen LogP contribution in [-0.2, 0) is 6.54 Å². The molecule has 0 fully saturated rings. The van der Waals surface area contributed by atoms with Crippen molar-refractivity contribution in [2.75, 3.05) is 11.9 Å². The molecular weight excluding hydrogens is 437 g/mol. The molecule has 1 unspecified atom stereocenters. The number of hydrogen-bond donors (Lipinski definition) is 3. The van der Waals surface area contributed by atoms with Crippen molar-refractivity contribution >= 4 is 46.2 Å². The van der Waals surface area contributed by atoms with Crippen LogP contribution in [-0.4, -0.2) is 17.8 Å². The predicted molar refractivity (Wildman–Crippen MR) is 130 cm³/mol. The Balaban J connectivity index is 1.64. The monoisotopic (exact) mass is 459 g/mol. The maximum atomic E-state index is 6.29. The van der Waals surface area contributed by atoms with Gasteiger partial charge in [0.1, 0.15) is 5.75 Å². The normalized spacial score (nSPS) is 15.5. The lowest BCUT2D eigenvalue weighted by atomic mass is 10.1. The average molecular weight is 460 g/mol. The summed E-state index contributed by atoms with van der Waals surface area (Å²) in [6.07, 6.45) is 7.63. The SMILES string of the molecule is CCOc1ccc(NC2=CC(Cl)=CC=CC2NC(=S)NCc2ccc(Cl)cc2)cc1. The topological polar surface area (TPSA) is 45.3 Å². The number of allylic oxidation sites excluding steroid dienone is 4. The van der Waals surface area contributed by atoms with E-state index in [0.29, 0.717) is 28.3 Å². The van der Waals surface area contributed by atoms with Crippen LogP contribution >= 0.6 is 35.4 Å². The summed E-state index contributed by atoms with van der Waals surface area (Å²) in [5.74, 6) is 0.831. The highest BCUT2D eigenvalue weighted by Gasteiger charge is 2.15. The van der Waals surface area contributed by atoms with Crippen molar-refractivity contribution in [3.8, 4) is 5.75 Å². The molecule has 1 aliphatic carbocycles. The van der Waals surface area contributed by atoms with Crippen LogP contribution in [0, 0.1) is 0 Å². The molecule has 0 aromatic heterocycles. The molecule has 0 radical (unpaired) electrons. The Labute approximate surface area is 192 Å². The van der Waals surface area contributed by atoms with Crippen molar-refractivity contribution in [2.24, 2.45) is 0 Å². The fraction of sp³-hybridized carbons (Fsp3) is 0.174. The summed E-state index contributed by atoms with van der Waals surface area (Å²) in [6, 6.07) is 15.3. The second kappa shape index (κ2) is 11.1. The lowest BCUT2D eigenvalue weighted by Crippen LogP contribution is -2.42. The van der Waals surface area contributed by atoms with Gasteiger partial charge in [0, 0.05) is 28.0 Å². The number of thiocarbonyl (C=S) groups is 1. The lowest BCUT2D eigenvalue weighted by molar-refractivity contribution is 0.340. The van der Waals surface area contributed by atoms with Gasteiger partial charge in [-0.1, -0.05) is 47.5 Å². The third kappa shape index (κ3) is 6.80. The lowest BCUT2D eigenvalue weighted by Gasteiger charge is -2.22. The Morgan fingerprint density at radius 1 is 1.07 bits per heavy atom. The average Bonchev–Trinajstić information content (AvgIpc) is 2.90. The zero-order valence-electron chi connectivity index (χ0n) is 16.5. The number of halogens is 2. The smallest absolute Gasteiger partial charge is 0.167 e. The van der Waals surface area contributed by atoms with Crippen molar-refractivity contribution in [1.82, 2.24) is 10.6 Å². The Morgan fingerprint density at radius 3 is 2.50 bits per heavy atom. The van der Waals surface area contributed by atoms with Gasteiger partial charge < -0.3 is 20.7 Å². The standard InChI is InChI=1S/C23H23Cl2N3OS/c1-2-29-20-12-10-19(11-13-20)27-22-14-18(25)4-3-5-21(22)28-23(30)26-15-16-6-8-17(24)9-7-16/h3-14,21,27H,2,15H2,1H3,(H2,26,28,30). The van der Waals surface area contributed by atoms with E-state index in [0.717, 1.165) is 22.7 Å². The number of anilines is 1. The van der Waals surface area contributed by atoms with E-state index in [4.69, 9.17) is 40.2 Å². The summed E-state index contributed by atoms with van der Waals surface area (Å²) < 4.78 is 5.50. The summed E-state index contributed by atoms with van der Waals surface area (Å²) >= 11 is 17.7. The Hall–Kier alpha value is -2.47. The van der Waals surface area contributed by atoms with E-state index in [9.17, 15) is 0 Å². The quantitative estimate of drug-likeness (QED) is 0.459. The third-order valence-electron chi connectivity index (χ3n) is 4.29. The molecule has 2 aromatic rings. The van der Waals surface area contributed by atoms with Gasteiger partial charge in [0.15, 0.2) is 5.11 Å². The van der Waals surface area contributed by atoms with E-state index < -0.39 is 0 Å². The maximum Gasteiger partial charge on any atom is 0.167 e. The van der Waals surface area contributed by atoms with Crippen LogP contribution < -0.4 is 20.7 Å². The molecule has 7 heteroatoms. The number of rotatable bonds is 7. The summed E-state index contributed by atoms with van der Waals surface area (Å²) in [7, 11) is 0. The van der Waals surface area contributed by atoms with Crippen LogP contribution in [0.15, 0.2) is 83.6 Å². The second-order valence-corrected chi connectivity index (χ2v) is 7.83. The first kappa shape index (κ1) is 22.2. The number of benzene rings is 2. The van der Waals surface area contributed by atoms with Crippen molar-refractivity contribution < 1.29 is 4.74 Å². The maximum absolute atomic E-state index is 6.29. The van der Waals surface area contributed by atoms with Gasteiger partial charge in [-0.15, -0.1) is 0 Å². The highest BCUT2D eigenvalue weighted by Crippen LogP contribution is 2.21. The van der Waals surface area contributed by atoms with Gasteiger partial charge in [0.05, 0.1) is 12.6 Å². The van der Waals surface area contributed by atoms with Gasteiger partial charge in [-0.25, -0.2) is 0 Å². The molecule has 0 amide bonds. The molecular formula is C23H23Cl2N3OS. The molecule has 3 rings (SSSR count). The minimum atomic E-state index is -0.172. The van der Waals surface area contributed by atoms with E-state index in [2.05, 4.69) is 16.0 Å². The molecule has 2 aromatic carbocycles. The van der Waals surface area contributed by atoms with Crippen LogP contribution in [0.1, 0.15) is 12.5 Å². The van der Waals surface area contributed by atoms with E-state index in [-0.39, 0.29) is 6.04 Å². The van der Waals surface area contributed by atoms with Gasteiger partial charge >= 0.3 is 0 Å². The van der Waals surface area contributed by atoms with Crippen LogP contribution in [0.3, 0.4) is 0 Å². The predicted octanol–water partition coefficient (Wildman–Crippen LogP) is 5.76. The number of hydrogen-bond acceptors (Lipinski definition) is 3. The van der Waals surface area contributed by atoms with Gasteiger partial charge in [-0.2, -0.15) is 0 Å². The molecule has 0 bridgehead atoms. The van der Waals surface area contributed by atoms with E-state index in [1.54, 1.807) is 0 Å². The molecule has 30 heavy (non-hydrogen) atoms. The molecule has 0 saturated carbocycles. The van der Waals surface area contributed by atoms with Gasteiger partial charge in [0.25, 0.3) is 0 Å². The zero-order chi connectivity index (χ0) is 21.3. The molecule has 0 aliphatic heterocycles. The minimum absolute atomic E-state index is 0.172. The molecule has 0 heterocycles. The summed E-state index contributed by atoms with van der Waals surface area (Å²) in [5, 5.41) is 11.8. The van der Waals surface area contributed by atoms with E-state index in [1.807, 2.05) is 79.8 Å². The summed E-state index contributed by atoms with van der Waals surface area (Å²) in [6.45, 7) is 3.20. The van der Waals surface area contributed by atoms with Crippen LogP contribution in [0.5, 0.6) is 5.75 Å². The van der Waals surface area contributed by atoms with Crippen molar-refractivity contribution in [1.29, 1.82) is 0 Å². The molecule has 0 saturated heterocycles. The van der Waals surface area contributed by atoms with Crippen LogP contribution in [0.25, 0.3) is 0 Å². The fourth-order valence-electron chi connectivity index (χ4n) is 2.83. The summed E-state index contributed by atoms with van der Waals surface area (Å²) in [4.78, 5) is 0. The van der Waals surface area contributed by atoms with Crippen LogP contribution in [0.4, 0.5) is 5.69 Å². The van der Waals surface area contributed by atoms with E-state index in [1.165, 1.54) is 0 Å². The van der Waals surface area contributed by atoms with E-state index >= 15 is 0 Å². The summed E-state index contributed by atoms with van der Waals surface area (Å²) in [5.41, 5.74) is 2.90. The molecule has 1 aliphatic rings. The molecule has 1 atom stereocenters. The Kier molecular flexibility index (Phi) is 8.20. The first-order valence-electron chi connectivity index (χ1n) is 9.58. The minimum Gasteiger partial charge on any atom is -0.494 e. The van der Waals surface area contributed by atoms with Crippen molar-refractivity contribution in [2.45, 2.75) is 19.5 Å². The Bertz CT molecular complexity index is 953. The zero-order valence-corrected chi connectivity index (χ0v) is 18.8. The largest absolute Gasteiger partial charge is 0.494 e. The first-order valence-corrected chi connectivity index (χ1v) is 10.7. The molecule has 3 N–H and O–H groups in total. The number of ether oxygens (including phenoxy) is 1. The molecule has 4 nitrogen and oxygen atoms in total. The van der Waals surface area contributed by atoms with Gasteiger partial charge in [0.2, 0.25) is 0 Å². The Morgan fingerprint density at radius 2 is 1.80 bits per heavy atom. The highest BCUT2D eigenvalue weighted by atomic mass is 35.5. The molecule has 0 spiro atoms. The van der Waals surface area contributed by atoms with Crippen molar-refractivity contribution in [3.63, 3.8) is 0 Å². The van der Waals surface area contributed by atoms with Crippen molar-refractivity contribution in [3.05, 3.63) is 94.2 Å². The fourth-order valence-corrected chi connectivity index (χ4v) is 3.35. The second-order valence-electron chi connectivity index (χ2n) is 6.55. The van der Waals surface area contributed by atoms with Crippen LogP contribution in [0.2, 0.25) is 5.02 Å². The third-order valence-corrected chi connectivity index (χ3v) is 5.04. The molecule has 156 valence electrons. The first-order chi connectivity index (χ1) is 14.5. The highest BCUT2D eigenvalue weighted by molar-refractivity contribution is 7.80. The van der Waals surface area contributed by atoms with Gasteiger partial charge in [-0.3, -0.25) is 0 Å². The van der Waals surface area contributed by atoms with Gasteiger partial charge in [-0.05, 0) is 73.3 Å². The number of nitrogens with one attached hydrogen (secondary N) is 3.